The Morgan fingerprint density at radius 3 is 2.67 bits per heavy atom. The molecule has 1 aliphatic heterocycles. The third kappa shape index (κ3) is 1.95. The molecule has 1 N–H and O–H groups in total. The molecule has 0 aromatic rings. The zero-order valence-corrected chi connectivity index (χ0v) is 15.1. The van der Waals surface area contributed by atoms with Gasteiger partial charge in [-0.15, -0.1) is 0 Å². The van der Waals surface area contributed by atoms with Gasteiger partial charge in [0.2, 0.25) is 0 Å². The minimum absolute atomic E-state index is 0.0623. The molecule has 5 aliphatic rings. The van der Waals surface area contributed by atoms with Crippen LogP contribution in [0.1, 0.15) is 65.2 Å². The van der Waals surface area contributed by atoms with Crippen molar-refractivity contribution in [1.82, 2.24) is 0 Å². The van der Waals surface area contributed by atoms with Crippen molar-refractivity contribution in [2.75, 3.05) is 13.2 Å². The Morgan fingerprint density at radius 1 is 1.08 bits per heavy atom. The van der Waals surface area contributed by atoms with Crippen LogP contribution in [0.5, 0.6) is 0 Å². The predicted octanol–water partition coefficient (Wildman–Crippen LogP) is 4.12. The van der Waals surface area contributed by atoms with Crippen LogP contribution in [0.3, 0.4) is 0 Å². The lowest BCUT2D eigenvalue weighted by atomic mass is 9.56. The number of hydrogen-bond donors (Lipinski definition) is 1. The van der Waals surface area contributed by atoms with E-state index in [1.54, 1.807) is 16.7 Å². The zero-order chi connectivity index (χ0) is 16.6. The van der Waals surface area contributed by atoms with Gasteiger partial charge in [0, 0.05) is 18.3 Å². The van der Waals surface area contributed by atoms with Crippen LogP contribution in [0.25, 0.3) is 0 Å². The smallest absolute Gasteiger partial charge is 0.172 e. The maximum Gasteiger partial charge on any atom is 0.172 e. The summed E-state index contributed by atoms with van der Waals surface area (Å²) in [5, 5.41) is 10.9. The second kappa shape index (κ2) is 4.96. The molecule has 0 aromatic carbocycles. The Balaban J connectivity index is 1.49. The topological polar surface area (TPSA) is 38.7 Å². The van der Waals surface area contributed by atoms with Crippen LogP contribution in [0.4, 0.5) is 0 Å². The van der Waals surface area contributed by atoms with Gasteiger partial charge in [-0.05, 0) is 68.4 Å². The largest absolute Gasteiger partial charge is 0.390 e. The average Bonchev–Trinajstić information content (AvgIpc) is 3.10. The van der Waals surface area contributed by atoms with E-state index in [4.69, 9.17) is 9.47 Å². The maximum atomic E-state index is 10.9. The van der Waals surface area contributed by atoms with Gasteiger partial charge in [-0.1, -0.05) is 18.6 Å². The Kier molecular flexibility index (Phi) is 3.22. The minimum Gasteiger partial charge on any atom is -0.390 e. The molecule has 1 saturated carbocycles. The van der Waals surface area contributed by atoms with Crippen molar-refractivity contribution in [3.05, 3.63) is 22.8 Å². The van der Waals surface area contributed by atoms with Crippen molar-refractivity contribution in [2.24, 2.45) is 17.3 Å². The molecular weight excluding hydrogens is 300 g/mol. The number of hydrogen-bond acceptors (Lipinski definition) is 3. The van der Waals surface area contributed by atoms with Gasteiger partial charge >= 0.3 is 0 Å². The van der Waals surface area contributed by atoms with Crippen LogP contribution in [-0.2, 0) is 9.47 Å². The molecule has 0 amide bonds. The van der Waals surface area contributed by atoms with Crippen LogP contribution in [0.2, 0.25) is 0 Å². The van der Waals surface area contributed by atoms with E-state index in [0.29, 0.717) is 11.8 Å². The van der Waals surface area contributed by atoms with Crippen molar-refractivity contribution in [1.29, 1.82) is 0 Å². The molecule has 5 rings (SSSR count). The van der Waals surface area contributed by atoms with E-state index < -0.39 is 5.60 Å². The van der Waals surface area contributed by atoms with E-state index in [1.165, 1.54) is 19.3 Å². The summed E-state index contributed by atoms with van der Waals surface area (Å²) >= 11 is 0. The summed E-state index contributed by atoms with van der Waals surface area (Å²) in [6.07, 6.45) is 11.2. The van der Waals surface area contributed by atoms with Gasteiger partial charge in [-0.3, -0.25) is 0 Å². The Morgan fingerprint density at radius 2 is 1.88 bits per heavy atom. The van der Waals surface area contributed by atoms with E-state index in [-0.39, 0.29) is 11.2 Å². The first kappa shape index (κ1) is 15.6. The molecule has 4 atom stereocenters. The highest BCUT2D eigenvalue weighted by atomic mass is 16.7. The molecule has 24 heavy (non-hydrogen) atoms. The lowest BCUT2D eigenvalue weighted by Gasteiger charge is -2.50. The first-order valence-electron chi connectivity index (χ1n) is 9.86. The predicted molar refractivity (Wildman–Crippen MR) is 92.4 cm³/mol. The maximum absolute atomic E-state index is 10.9. The molecule has 3 heteroatoms. The van der Waals surface area contributed by atoms with Crippen molar-refractivity contribution >= 4 is 0 Å². The summed E-state index contributed by atoms with van der Waals surface area (Å²) < 4.78 is 11.9. The molecule has 3 nitrogen and oxygen atoms in total. The normalized spacial score (nSPS) is 46.5. The van der Waals surface area contributed by atoms with Gasteiger partial charge in [-0.25, -0.2) is 0 Å². The van der Waals surface area contributed by atoms with Crippen molar-refractivity contribution in [2.45, 2.75) is 76.6 Å². The molecule has 4 aliphatic carbocycles. The summed E-state index contributed by atoms with van der Waals surface area (Å²) in [6.45, 7) is 5.91. The van der Waals surface area contributed by atoms with Gasteiger partial charge in [0.1, 0.15) is 0 Å². The van der Waals surface area contributed by atoms with E-state index in [0.717, 1.165) is 45.3 Å². The zero-order valence-electron chi connectivity index (χ0n) is 15.1. The molecular formula is C21H30O3. The molecule has 0 radical (unpaired) electrons. The van der Waals surface area contributed by atoms with E-state index in [2.05, 4.69) is 19.9 Å². The first-order valence-corrected chi connectivity index (χ1v) is 9.86. The third-order valence-electron chi connectivity index (χ3n) is 8.21. The van der Waals surface area contributed by atoms with Crippen LogP contribution in [-0.4, -0.2) is 29.7 Å². The average molecular weight is 330 g/mol. The van der Waals surface area contributed by atoms with Crippen LogP contribution >= 0.6 is 0 Å². The molecule has 0 bridgehead atoms. The highest BCUT2D eigenvalue weighted by molar-refractivity contribution is 5.45. The van der Waals surface area contributed by atoms with E-state index in [9.17, 15) is 5.11 Å². The minimum atomic E-state index is -0.503. The second-order valence-electron chi connectivity index (χ2n) is 9.21. The molecule has 0 aromatic heterocycles. The molecule has 1 saturated heterocycles. The Bertz CT molecular complexity index is 623. The highest BCUT2D eigenvalue weighted by Crippen LogP contribution is 2.62. The standard InChI is InChI=1S/C21H30O3/c1-19-8-5-16-15-6-10-21(23-11-12-24-21)13-14(15)3-4-17(16)18(19)7-9-20(19,2)22/h5,17-18,22H,3-4,6-13H2,1-2H3/t17?,18?,19?,20-/m1/s1. The summed E-state index contributed by atoms with van der Waals surface area (Å²) in [6, 6.07) is 0. The molecule has 1 heterocycles. The third-order valence-corrected chi connectivity index (χ3v) is 8.21. The number of rotatable bonds is 0. The quantitative estimate of drug-likeness (QED) is 0.726. The molecule has 3 unspecified atom stereocenters. The van der Waals surface area contributed by atoms with Gasteiger partial charge in [0.15, 0.2) is 5.79 Å². The molecule has 2 fully saturated rings. The fourth-order valence-corrected chi connectivity index (χ4v) is 6.52. The SMILES string of the molecule is CC12CC=C3C4=C(CCC3C1CC[C@@]2(C)O)CC1(CC4)OCCO1. The Hall–Kier alpha value is -0.640. The van der Waals surface area contributed by atoms with Crippen molar-refractivity contribution < 1.29 is 14.6 Å². The van der Waals surface area contributed by atoms with Crippen LogP contribution in [0, 0.1) is 17.3 Å². The first-order chi connectivity index (χ1) is 11.4. The summed E-state index contributed by atoms with van der Waals surface area (Å²) in [7, 11) is 0. The fraction of sp³-hybridized carbons (Fsp3) is 0.810. The van der Waals surface area contributed by atoms with Crippen LogP contribution in [0.15, 0.2) is 22.8 Å². The molecule has 132 valence electrons. The Labute approximate surface area is 145 Å². The van der Waals surface area contributed by atoms with Gasteiger partial charge < -0.3 is 14.6 Å². The molecule has 1 spiro atoms. The number of fused-ring (bicyclic) bond motifs is 4. The van der Waals surface area contributed by atoms with Gasteiger partial charge in [0.25, 0.3) is 0 Å². The number of ether oxygens (including phenoxy) is 2. The van der Waals surface area contributed by atoms with E-state index >= 15 is 0 Å². The van der Waals surface area contributed by atoms with Gasteiger partial charge in [0.05, 0.1) is 18.8 Å². The highest BCUT2D eigenvalue weighted by Gasteiger charge is 2.58. The van der Waals surface area contributed by atoms with Gasteiger partial charge in [-0.2, -0.15) is 0 Å². The number of allylic oxidation sites excluding steroid dienone is 3. The summed E-state index contributed by atoms with van der Waals surface area (Å²) in [5.74, 6) is 1.01. The summed E-state index contributed by atoms with van der Waals surface area (Å²) in [4.78, 5) is 0. The van der Waals surface area contributed by atoms with Crippen molar-refractivity contribution in [3.63, 3.8) is 0 Å². The van der Waals surface area contributed by atoms with E-state index in [1.807, 2.05) is 0 Å². The fourth-order valence-electron chi connectivity index (χ4n) is 6.52. The monoisotopic (exact) mass is 330 g/mol. The summed E-state index contributed by atoms with van der Waals surface area (Å²) in [5.41, 5.74) is 4.41. The lowest BCUT2D eigenvalue weighted by molar-refractivity contribution is -0.164. The number of aliphatic hydroxyl groups is 1. The van der Waals surface area contributed by atoms with Crippen molar-refractivity contribution in [3.8, 4) is 0 Å². The lowest BCUT2D eigenvalue weighted by Crippen LogP contribution is -2.47. The second-order valence-corrected chi connectivity index (χ2v) is 9.21. The van der Waals surface area contributed by atoms with Crippen LogP contribution < -0.4 is 0 Å².